The second-order valence-electron chi connectivity index (χ2n) is 2.87. The quantitative estimate of drug-likeness (QED) is 0.247. The van der Waals surface area contributed by atoms with Crippen LogP contribution in [0.15, 0.2) is 0 Å². The predicted molar refractivity (Wildman–Crippen MR) is 53.6 cm³/mol. The summed E-state index contributed by atoms with van der Waals surface area (Å²) in [7, 11) is 0. The number of hydrogen-bond acceptors (Lipinski definition) is 3. The van der Waals surface area contributed by atoms with Gasteiger partial charge in [0.15, 0.2) is 5.11 Å². The van der Waals surface area contributed by atoms with Gasteiger partial charge in [0.25, 0.3) is 0 Å². The summed E-state index contributed by atoms with van der Waals surface area (Å²) in [6, 6.07) is 0. The van der Waals surface area contributed by atoms with Gasteiger partial charge in [0, 0.05) is 13.2 Å². The van der Waals surface area contributed by atoms with Crippen LogP contribution in [0, 0.1) is 5.92 Å². The molecular weight excluding hydrogens is 174 g/mol. The fourth-order valence-corrected chi connectivity index (χ4v) is 0.709. The summed E-state index contributed by atoms with van der Waals surface area (Å²) in [5.41, 5.74) is 2.33. The minimum absolute atomic E-state index is 0.447. The summed E-state index contributed by atoms with van der Waals surface area (Å²) in [5.74, 6) is 5.61. The summed E-state index contributed by atoms with van der Waals surface area (Å²) in [6.45, 7) is 6.35. The van der Waals surface area contributed by atoms with Crippen LogP contribution in [-0.4, -0.2) is 24.9 Å². The molecule has 0 atom stereocenters. The Kier molecular flexibility index (Phi) is 7.03. The van der Waals surface area contributed by atoms with Gasteiger partial charge in [-0.25, -0.2) is 5.84 Å². The van der Waals surface area contributed by atoms with Crippen molar-refractivity contribution >= 4 is 17.3 Å². The van der Waals surface area contributed by atoms with E-state index in [4.69, 9.17) is 22.8 Å². The summed E-state index contributed by atoms with van der Waals surface area (Å²) >= 11 is 4.75. The largest absolute Gasteiger partial charge is 0.379 e. The molecule has 0 bridgehead atoms. The highest BCUT2D eigenvalue weighted by molar-refractivity contribution is 7.80. The van der Waals surface area contributed by atoms with Crippen molar-refractivity contribution in [2.75, 3.05) is 19.8 Å². The van der Waals surface area contributed by atoms with Crippen LogP contribution in [0.3, 0.4) is 0 Å². The lowest BCUT2D eigenvalue weighted by Crippen LogP contribution is -2.41. The summed E-state index contributed by atoms with van der Waals surface area (Å²) in [6.07, 6.45) is 0. The number of rotatable bonds is 5. The van der Waals surface area contributed by atoms with E-state index < -0.39 is 0 Å². The van der Waals surface area contributed by atoms with E-state index in [0.717, 1.165) is 6.61 Å². The summed E-state index contributed by atoms with van der Waals surface area (Å²) < 4.78 is 5.30. The standard InChI is InChI=1S/C7H17N3OS/c1-6(2)5-11-4-3-9-7(12)10-8/h6H,3-5,8H2,1-2H3,(H2,9,10,12). The highest BCUT2D eigenvalue weighted by atomic mass is 32.1. The van der Waals surface area contributed by atoms with Crippen LogP contribution in [0.1, 0.15) is 13.8 Å². The zero-order valence-corrected chi connectivity index (χ0v) is 8.41. The van der Waals surface area contributed by atoms with Crippen molar-refractivity contribution in [1.82, 2.24) is 10.7 Å². The third-order valence-electron chi connectivity index (χ3n) is 1.11. The first-order valence-corrected chi connectivity index (χ1v) is 4.39. The maximum absolute atomic E-state index is 5.30. The number of hydrazine groups is 1. The van der Waals surface area contributed by atoms with E-state index in [9.17, 15) is 0 Å². The Morgan fingerprint density at radius 1 is 1.58 bits per heavy atom. The van der Waals surface area contributed by atoms with E-state index in [1.807, 2.05) is 0 Å². The molecule has 0 amide bonds. The molecule has 0 radical (unpaired) electrons. The molecule has 0 saturated carbocycles. The van der Waals surface area contributed by atoms with Gasteiger partial charge in [-0.3, -0.25) is 0 Å². The number of hydrogen-bond donors (Lipinski definition) is 3. The molecule has 4 N–H and O–H groups in total. The average molecular weight is 191 g/mol. The summed E-state index contributed by atoms with van der Waals surface area (Å²) in [4.78, 5) is 0. The van der Waals surface area contributed by atoms with Gasteiger partial charge < -0.3 is 15.5 Å². The molecule has 72 valence electrons. The van der Waals surface area contributed by atoms with Gasteiger partial charge in [-0.15, -0.1) is 0 Å². The Hall–Kier alpha value is -0.390. The molecule has 0 heterocycles. The van der Waals surface area contributed by atoms with Crippen LogP contribution < -0.4 is 16.6 Å². The minimum atomic E-state index is 0.447. The molecule has 0 aromatic rings. The third kappa shape index (κ3) is 7.71. The molecule has 5 heteroatoms. The third-order valence-corrected chi connectivity index (χ3v) is 1.38. The monoisotopic (exact) mass is 191 g/mol. The Labute approximate surface area is 78.8 Å². The fraction of sp³-hybridized carbons (Fsp3) is 0.857. The van der Waals surface area contributed by atoms with Crippen LogP contribution in [0.4, 0.5) is 0 Å². The van der Waals surface area contributed by atoms with Crippen molar-refractivity contribution in [3.8, 4) is 0 Å². The van der Waals surface area contributed by atoms with E-state index >= 15 is 0 Å². The van der Waals surface area contributed by atoms with Crippen LogP contribution in [0.5, 0.6) is 0 Å². The molecule has 0 aromatic carbocycles. The Balaban J connectivity index is 3.05. The van der Waals surface area contributed by atoms with Gasteiger partial charge in [0.1, 0.15) is 0 Å². The normalized spacial score (nSPS) is 10.0. The number of nitrogens with two attached hydrogens (primary N) is 1. The van der Waals surface area contributed by atoms with Gasteiger partial charge in [-0.05, 0) is 18.1 Å². The SMILES string of the molecule is CC(C)COCCNC(=S)NN. The lowest BCUT2D eigenvalue weighted by Gasteiger charge is -2.08. The summed E-state index contributed by atoms with van der Waals surface area (Å²) in [5, 5.41) is 3.32. The van der Waals surface area contributed by atoms with Crippen LogP contribution >= 0.6 is 12.2 Å². The molecule has 0 rings (SSSR count). The number of thiocarbonyl (C=S) groups is 1. The Morgan fingerprint density at radius 2 is 2.25 bits per heavy atom. The fourth-order valence-electron chi connectivity index (χ4n) is 0.607. The molecule has 0 aliphatic heterocycles. The smallest absolute Gasteiger partial charge is 0.180 e. The van der Waals surface area contributed by atoms with Crippen molar-refractivity contribution in [1.29, 1.82) is 0 Å². The first-order chi connectivity index (χ1) is 5.66. The molecule has 0 saturated heterocycles. The number of nitrogens with one attached hydrogen (secondary N) is 2. The lowest BCUT2D eigenvalue weighted by molar-refractivity contribution is 0.114. The minimum Gasteiger partial charge on any atom is -0.379 e. The molecule has 0 aromatic heterocycles. The topological polar surface area (TPSA) is 59.3 Å². The van der Waals surface area contributed by atoms with Gasteiger partial charge >= 0.3 is 0 Å². The first-order valence-electron chi connectivity index (χ1n) is 3.99. The maximum Gasteiger partial charge on any atom is 0.180 e. The lowest BCUT2D eigenvalue weighted by atomic mass is 10.2. The zero-order valence-electron chi connectivity index (χ0n) is 7.59. The van der Waals surface area contributed by atoms with Crippen molar-refractivity contribution in [3.63, 3.8) is 0 Å². The number of ether oxygens (including phenoxy) is 1. The van der Waals surface area contributed by atoms with Gasteiger partial charge in [-0.2, -0.15) is 0 Å². The van der Waals surface area contributed by atoms with Gasteiger partial charge in [-0.1, -0.05) is 13.8 Å². The predicted octanol–water partition coefficient (Wildman–Crippen LogP) is -0.00320. The van der Waals surface area contributed by atoms with E-state index in [1.165, 1.54) is 0 Å². The Morgan fingerprint density at radius 3 is 2.75 bits per heavy atom. The van der Waals surface area contributed by atoms with E-state index in [1.54, 1.807) is 0 Å². The van der Waals surface area contributed by atoms with E-state index in [2.05, 4.69) is 24.6 Å². The van der Waals surface area contributed by atoms with E-state index in [0.29, 0.717) is 24.2 Å². The maximum atomic E-state index is 5.30. The zero-order chi connectivity index (χ0) is 9.40. The molecule has 0 aliphatic rings. The first kappa shape index (κ1) is 11.6. The van der Waals surface area contributed by atoms with Crippen molar-refractivity contribution in [3.05, 3.63) is 0 Å². The molecule has 12 heavy (non-hydrogen) atoms. The van der Waals surface area contributed by atoms with Crippen molar-refractivity contribution in [2.45, 2.75) is 13.8 Å². The van der Waals surface area contributed by atoms with Crippen LogP contribution in [0.2, 0.25) is 0 Å². The van der Waals surface area contributed by atoms with E-state index in [-0.39, 0.29) is 0 Å². The van der Waals surface area contributed by atoms with Crippen molar-refractivity contribution in [2.24, 2.45) is 11.8 Å². The molecular formula is C7H17N3OS. The van der Waals surface area contributed by atoms with Crippen LogP contribution in [-0.2, 0) is 4.74 Å². The highest BCUT2D eigenvalue weighted by Crippen LogP contribution is 1.90. The van der Waals surface area contributed by atoms with Crippen molar-refractivity contribution < 1.29 is 4.74 Å². The molecule has 0 spiro atoms. The molecule has 0 unspecified atom stereocenters. The second-order valence-corrected chi connectivity index (χ2v) is 3.28. The highest BCUT2D eigenvalue weighted by Gasteiger charge is 1.93. The average Bonchev–Trinajstić information content (AvgIpc) is 2.03. The van der Waals surface area contributed by atoms with Gasteiger partial charge in [0.2, 0.25) is 0 Å². The van der Waals surface area contributed by atoms with Crippen LogP contribution in [0.25, 0.3) is 0 Å². The molecule has 4 nitrogen and oxygen atoms in total. The Bertz CT molecular complexity index is 130. The molecule has 0 fully saturated rings. The second kappa shape index (κ2) is 7.27. The molecule has 0 aliphatic carbocycles. The van der Waals surface area contributed by atoms with Gasteiger partial charge in [0.05, 0.1) is 6.61 Å².